The predicted molar refractivity (Wildman–Crippen MR) is 81.9 cm³/mol. The van der Waals surface area contributed by atoms with E-state index in [9.17, 15) is 10.1 Å². The Morgan fingerprint density at radius 2 is 2.05 bits per heavy atom. The quantitative estimate of drug-likeness (QED) is 0.640. The van der Waals surface area contributed by atoms with Crippen molar-refractivity contribution < 1.29 is 4.92 Å². The van der Waals surface area contributed by atoms with Crippen molar-refractivity contribution in [2.75, 3.05) is 18.9 Å². The van der Waals surface area contributed by atoms with Crippen LogP contribution in [0.2, 0.25) is 10.0 Å². The van der Waals surface area contributed by atoms with Crippen LogP contribution in [0.5, 0.6) is 0 Å². The van der Waals surface area contributed by atoms with Crippen LogP contribution in [0.3, 0.4) is 0 Å². The molecule has 1 N–H and O–H groups in total. The van der Waals surface area contributed by atoms with Crippen molar-refractivity contribution in [3.8, 4) is 0 Å². The Kier molecular flexibility index (Phi) is 4.73. The van der Waals surface area contributed by atoms with Gasteiger partial charge in [-0.15, -0.1) is 0 Å². The van der Waals surface area contributed by atoms with Crippen LogP contribution in [0.1, 0.15) is 19.8 Å². The Balaban J connectivity index is 2.07. The lowest BCUT2D eigenvalue weighted by atomic mass is 10.2. The van der Waals surface area contributed by atoms with Gasteiger partial charge in [-0.1, -0.05) is 23.2 Å². The first kappa shape index (κ1) is 15.4. The molecule has 5 nitrogen and oxygen atoms in total. The molecule has 0 amide bonds. The molecule has 0 heterocycles. The molecule has 1 unspecified atom stereocenters. The molecule has 0 spiro atoms. The van der Waals surface area contributed by atoms with E-state index in [1.807, 2.05) is 0 Å². The molecule has 110 valence electrons. The van der Waals surface area contributed by atoms with Crippen molar-refractivity contribution in [3.05, 3.63) is 32.3 Å². The largest absolute Gasteiger partial charge is 0.378 e. The number of hydrogen-bond acceptors (Lipinski definition) is 4. The van der Waals surface area contributed by atoms with E-state index in [2.05, 4.69) is 24.2 Å². The van der Waals surface area contributed by atoms with Crippen molar-refractivity contribution in [2.24, 2.45) is 0 Å². The molecule has 0 bridgehead atoms. The smallest absolute Gasteiger partial charge is 0.293 e. The second-order valence-electron chi connectivity index (χ2n) is 5.17. The number of nitro groups is 1. The molecule has 0 aromatic heterocycles. The third-order valence-corrected chi connectivity index (χ3v) is 4.36. The van der Waals surface area contributed by atoms with Crippen LogP contribution in [0.15, 0.2) is 12.1 Å². The summed E-state index contributed by atoms with van der Waals surface area (Å²) in [5.41, 5.74) is 0.348. The highest BCUT2D eigenvalue weighted by Gasteiger charge is 2.29. The summed E-state index contributed by atoms with van der Waals surface area (Å²) in [6.45, 7) is 2.71. The second kappa shape index (κ2) is 6.16. The van der Waals surface area contributed by atoms with Gasteiger partial charge in [0.05, 0.1) is 15.0 Å². The summed E-state index contributed by atoms with van der Waals surface area (Å²) in [6.07, 6.45) is 2.46. The van der Waals surface area contributed by atoms with Gasteiger partial charge in [0.15, 0.2) is 0 Å². The van der Waals surface area contributed by atoms with E-state index in [0.29, 0.717) is 23.3 Å². The minimum absolute atomic E-state index is 0.0549. The van der Waals surface area contributed by atoms with E-state index < -0.39 is 4.92 Å². The summed E-state index contributed by atoms with van der Waals surface area (Å²) in [5.74, 6) is 0. The number of anilines is 1. The number of halogens is 2. The zero-order chi connectivity index (χ0) is 14.9. The molecule has 0 saturated heterocycles. The standard InChI is InChI=1S/C13H17Cl2N3O2/c1-8(17(2)9-3-4-9)7-16-12-5-10(14)11(15)6-13(12)18(19)20/h5-6,8-9,16H,3-4,7H2,1-2H3. The predicted octanol–water partition coefficient (Wildman–Crippen LogP) is 3.80. The summed E-state index contributed by atoms with van der Waals surface area (Å²) in [6, 6.07) is 3.72. The van der Waals surface area contributed by atoms with Crippen LogP contribution in [0, 0.1) is 10.1 Å². The fourth-order valence-electron chi connectivity index (χ4n) is 2.07. The number of likely N-dealkylation sites (N-methyl/N-ethyl adjacent to an activating group) is 1. The summed E-state index contributed by atoms with van der Waals surface area (Å²) < 4.78 is 0. The van der Waals surface area contributed by atoms with Crippen LogP contribution in [0.25, 0.3) is 0 Å². The third-order valence-electron chi connectivity index (χ3n) is 3.64. The highest BCUT2D eigenvalue weighted by molar-refractivity contribution is 6.42. The van der Waals surface area contributed by atoms with E-state index >= 15 is 0 Å². The van der Waals surface area contributed by atoms with E-state index in [0.717, 1.165) is 0 Å². The summed E-state index contributed by atoms with van der Waals surface area (Å²) in [5, 5.41) is 14.6. The SMILES string of the molecule is CC(CNc1cc(Cl)c(Cl)cc1[N+](=O)[O-])N(C)C1CC1. The zero-order valence-electron chi connectivity index (χ0n) is 11.4. The molecule has 1 saturated carbocycles. The van der Waals surface area contributed by atoms with Gasteiger partial charge in [-0.25, -0.2) is 0 Å². The molecule has 2 rings (SSSR count). The molecule has 7 heteroatoms. The van der Waals surface area contributed by atoms with Crippen LogP contribution in [0.4, 0.5) is 11.4 Å². The molecule has 1 aliphatic carbocycles. The fourth-order valence-corrected chi connectivity index (χ4v) is 2.39. The van der Waals surface area contributed by atoms with Crippen molar-refractivity contribution in [2.45, 2.75) is 31.8 Å². The summed E-state index contributed by atoms with van der Waals surface area (Å²) in [7, 11) is 2.08. The van der Waals surface area contributed by atoms with Crippen LogP contribution < -0.4 is 5.32 Å². The number of rotatable bonds is 6. The van der Waals surface area contributed by atoms with Gasteiger partial charge in [-0.2, -0.15) is 0 Å². The van der Waals surface area contributed by atoms with Crippen LogP contribution in [-0.4, -0.2) is 35.5 Å². The minimum Gasteiger partial charge on any atom is -0.378 e. The number of hydrogen-bond donors (Lipinski definition) is 1. The Morgan fingerprint density at radius 3 is 2.60 bits per heavy atom. The molecule has 0 aliphatic heterocycles. The monoisotopic (exact) mass is 317 g/mol. The van der Waals surface area contributed by atoms with E-state index in [1.54, 1.807) is 0 Å². The molecular formula is C13H17Cl2N3O2. The molecule has 1 aromatic rings. The molecule has 1 atom stereocenters. The second-order valence-corrected chi connectivity index (χ2v) is 5.98. The van der Waals surface area contributed by atoms with E-state index in [1.165, 1.54) is 25.0 Å². The maximum absolute atomic E-state index is 11.0. The average molecular weight is 318 g/mol. The van der Waals surface area contributed by atoms with Gasteiger partial charge in [0, 0.05) is 24.7 Å². The van der Waals surface area contributed by atoms with Crippen molar-refractivity contribution in [1.29, 1.82) is 0 Å². The fraction of sp³-hybridized carbons (Fsp3) is 0.538. The number of nitrogens with zero attached hydrogens (tertiary/aromatic N) is 2. The third kappa shape index (κ3) is 3.53. The summed E-state index contributed by atoms with van der Waals surface area (Å²) in [4.78, 5) is 12.9. The number of benzene rings is 1. The van der Waals surface area contributed by atoms with Crippen molar-refractivity contribution in [1.82, 2.24) is 4.90 Å². The molecule has 1 aromatic carbocycles. The minimum atomic E-state index is -0.459. The Morgan fingerprint density at radius 1 is 1.45 bits per heavy atom. The Hall–Kier alpha value is -1.04. The molecular weight excluding hydrogens is 301 g/mol. The van der Waals surface area contributed by atoms with Crippen molar-refractivity contribution >= 4 is 34.6 Å². The lowest BCUT2D eigenvalue weighted by molar-refractivity contribution is -0.383. The van der Waals surface area contributed by atoms with Gasteiger partial charge in [-0.05, 0) is 32.9 Å². The normalized spacial score (nSPS) is 16.2. The summed E-state index contributed by atoms with van der Waals surface area (Å²) >= 11 is 11.7. The molecule has 20 heavy (non-hydrogen) atoms. The van der Waals surface area contributed by atoms with Gasteiger partial charge in [-0.3, -0.25) is 15.0 Å². The van der Waals surface area contributed by atoms with E-state index in [-0.39, 0.29) is 16.8 Å². The lowest BCUT2D eigenvalue weighted by Gasteiger charge is -2.25. The van der Waals surface area contributed by atoms with Crippen LogP contribution in [-0.2, 0) is 0 Å². The number of nitrogens with one attached hydrogen (secondary N) is 1. The van der Waals surface area contributed by atoms with Gasteiger partial charge in [0.25, 0.3) is 5.69 Å². The zero-order valence-corrected chi connectivity index (χ0v) is 12.9. The first-order chi connectivity index (χ1) is 9.40. The number of nitro benzene ring substituents is 1. The van der Waals surface area contributed by atoms with Crippen molar-refractivity contribution in [3.63, 3.8) is 0 Å². The molecule has 1 fully saturated rings. The first-order valence-corrected chi connectivity index (χ1v) is 7.25. The molecule has 1 aliphatic rings. The maximum Gasteiger partial charge on any atom is 0.293 e. The molecule has 0 radical (unpaired) electrons. The van der Waals surface area contributed by atoms with Gasteiger partial charge in [0.2, 0.25) is 0 Å². The van der Waals surface area contributed by atoms with E-state index in [4.69, 9.17) is 23.2 Å². The highest BCUT2D eigenvalue weighted by atomic mass is 35.5. The average Bonchev–Trinajstić information content (AvgIpc) is 3.22. The Bertz CT molecular complexity index is 521. The van der Waals surface area contributed by atoms with Crippen LogP contribution >= 0.6 is 23.2 Å². The Labute approximate surface area is 128 Å². The van der Waals surface area contributed by atoms with Gasteiger partial charge >= 0.3 is 0 Å². The van der Waals surface area contributed by atoms with Gasteiger partial charge < -0.3 is 5.32 Å². The lowest BCUT2D eigenvalue weighted by Crippen LogP contribution is -2.36. The highest BCUT2D eigenvalue weighted by Crippen LogP contribution is 2.34. The maximum atomic E-state index is 11.0. The first-order valence-electron chi connectivity index (χ1n) is 6.49. The topological polar surface area (TPSA) is 58.4 Å². The van der Waals surface area contributed by atoms with Gasteiger partial charge in [0.1, 0.15) is 5.69 Å².